The Hall–Kier alpha value is -1.03. The van der Waals surface area contributed by atoms with Gasteiger partial charge in [-0.1, -0.05) is 19.1 Å². The second kappa shape index (κ2) is 3.79. The molecule has 3 nitrogen and oxygen atoms in total. The molecule has 0 saturated heterocycles. The number of nitrogens with one attached hydrogen (secondary N) is 1. The van der Waals surface area contributed by atoms with E-state index in [1.54, 1.807) is 6.07 Å². The maximum absolute atomic E-state index is 10.9. The molecular weight excluding hydrogens is 186 g/mol. The molecule has 1 aromatic rings. The van der Waals surface area contributed by atoms with E-state index in [9.17, 15) is 8.42 Å². The van der Waals surface area contributed by atoms with Crippen molar-refractivity contribution in [2.45, 2.75) is 13.3 Å². The number of sulfonamides is 1. The predicted molar refractivity (Wildman–Crippen MR) is 56.4 cm³/mol. The average Bonchev–Trinajstić information content (AvgIpc) is 2.01. The van der Waals surface area contributed by atoms with Gasteiger partial charge in [0.2, 0.25) is 10.0 Å². The van der Waals surface area contributed by atoms with Crippen LogP contribution in [-0.4, -0.2) is 14.7 Å². The first kappa shape index (κ1) is 10.1. The fourth-order valence-corrected chi connectivity index (χ4v) is 1.62. The van der Waals surface area contributed by atoms with Crippen molar-refractivity contribution in [3.8, 4) is 0 Å². The highest BCUT2D eigenvalue weighted by atomic mass is 32.2. The van der Waals surface area contributed by atoms with Crippen molar-refractivity contribution >= 4 is 15.7 Å². The van der Waals surface area contributed by atoms with E-state index in [-0.39, 0.29) is 1.43 Å². The summed E-state index contributed by atoms with van der Waals surface area (Å²) in [6, 6.07) is 7.38. The Morgan fingerprint density at radius 2 is 2.15 bits per heavy atom. The van der Waals surface area contributed by atoms with E-state index in [4.69, 9.17) is 0 Å². The van der Waals surface area contributed by atoms with E-state index in [1.165, 1.54) is 0 Å². The minimum atomic E-state index is -3.15. The number of aryl methyl sites for hydroxylation is 1. The fourth-order valence-electron chi connectivity index (χ4n) is 1.07. The molecule has 1 N–H and O–H groups in total. The van der Waals surface area contributed by atoms with E-state index < -0.39 is 10.0 Å². The third-order valence-electron chi connectivity index (χ3n) is 1.64. The molecule has 0 spiro atoms. The standard InChI is InChI=1S/C9H13NO2S.H2/c1-3-8-5-4-6-9(7-8)10-13(2,11)12;/h4-7,10H,3H2,1-2H3;1H. The second-order valence-corrected chi connectivity index (χ2v) is 4.68. The van der Waals surface area contributed by atoms with Crippen LogP contribution in [0.15, 0.2) is 24.3 Å². The molecule has 0 heterocycles. The molecule has 0 fully saturated rings. The van der Waals surface area contributed by atoms with Gasteiger partial charge in [-0.3, -0.25) is 4.72 Å². The van der Waals surface area contributed by atoms with Crippen molar-refractivity contribution in [2.75, 3.05) is 11.0 Å². The predicted octanol–water partition coefficient (Wildman–Crippen LogP) is 1.87. The van der Waals surface area contributed by atoms with Crippen LogP contribution in [0.3, 0.4) is 0 Å². The van der Waals surface area contributed by atoms with Gasteiger partial charge < -0.3 is 0 Å². The summed E-state index contributed by atoms with van der Waals surface area (Å²) in [4.78, 5) is 0. The van der Waals surface area contributed by atoms with E-state index in [2.05, 4.69) is 4.72 Å². The monoisotopic (exact) mass is 201 g/mol. The molecule has 0 aliphatic heterocycles. The molecule has 0 aliphatic rings. The molecule has 1 aromatic carbocycles. The highest BCUT2D eigenvalue weighted by molar-refractivity contribution is 7.92. The molecule has 4 heteroatoms. The van der Waals surface area contributed by atoms with Gasteiger partial charge in [-0.05, 0) is 24.1 Å². The minimum absolute atomic E-state index is 0. The van der Waals surface area contributed by atoms with Crippen LogP contribution in [0.5, 0.6) is 0 Å². The number of rotatable bonds is 3. The summed E-state index contributed by atoms with van der Waals surface area (Å²) in [6.45, 7) is 2.03. The average molecular weight is 201 g/mol. The third kappa shape index (κ3) is 3.46. The van der Waals surface area contributed by atoms with Gasteiger partial charge in [0, 0.05) is 7.11 Å². The topological polar surface area (TPSA) is 46.2 Å². The summed E-state index contributed by atoms with van der Waals surface area (Å²) in [5.74, 6) is 0. The molecular formula is C9H15NO2S. The Labute approximate surface area is 80.3 Å². The zero-order valence-corrected chi connectivity index (χ0v) is 8.56. The number of benzene rings is 1. The Bertz CT molecular complexity index is 390. The van der Waals surface area contributed by atoms with Crippen LogP contribution in [0.25, 0.3) is 0 Å². The van der Waals surface area contributed by atoms with Crippen molar-refractivity contribution in [1.82, 2.24) is 0 Å². The Balaban J connectivity index is 0.00000169. The van der Waals surface area contributed by atoms with Crippen molar-refractivity contribution in [3.63, 3.8) is 0 Å². The minimum Gasteiger partial charge on any atom is -0.284 e. The van der Waals surface area contributed by atoms with Gasteiger partial charge in [-0.25, -0.2) is 8.42 Å². The van der Waals surface area contributed by atoms with E-state index in [0.29, 0.717) is 5.69 Å². The summed E-state index contributed by atoms with van der Waals surface area (Å²) < 4.78 is 24.2. The molecule has 0 unspecified atom stereocenters. The Kier molecular flexibility index (Phi) is 2.93. The third-order valence-corrected chi connectivity index (χ3v) is 2.24. The zero-order chi connectivity index (χ0) is 9.90. The molecule has 13 heavy (non-hydrogen) atoms. The van der Waals surface area contributed by atoms with Gasteiger partial charge in [0.05, 0.1) is 6.26 Å². The molecule has 0 radical (unpaired) electrons. The molecule has 0 aromatic heterocycles. The van der Waals surface area contributed by atoms with Crippen LogP contribution < -0.4 is 4.72 Å². The lowest BCUT2D eigenvalue weighted by Crippen LogP contribution is -2.09. The summed E-state index contributed by atoms with van der Waals surface area (Å²) in [5.41, 5.74) is 1.75. The zero-order valence-electron chi connectivity index (χ0n) is 7.74. The van der Waals surface area contributed by atoms with Gasteiger partial charge in [0.25, 0.3) is 0 Å². The van der Waals surface area contributed by atoms with Gasteiger partial charge >= 0.3 is 0 Å². The van der Waals surface area contributed by atoms with E-state index in [0.717, 1.165) is 18.2 Å². The van der Waals surface area contributed by atoms with Gasteiger partial charge in [0.15, 0.2) is 0 Å². The lowest BCUT2D eigenvalue weighted by Gasteiger charge is -2.04. The second-order valence-electron chi connectivity index (χ2n) is 2.93. The number of anilines is 1. The van der Waals surface area contributed by atoms with Crippen LogP contribution in [0, 0.1) is 0 Å². The lowest BCUT2D eigenvalue weighted by molar-refractivity contribution is 0.607. The summed E-state index contributed by atoms with van der Waals surface area (Å²) in [6.07, 6.45) is 2.05. The van der Waals surface area contributed by atoms with Crippen molar-refractivity contribution in [2.24, 2.45) is 0 Å². The quantitative estimate of drug-likeness (QED) is 0.811. The maximum atomic E-state index is 10.9. The van der Waals surface area contributed by atoms with Gasteiger partial charge in [-0.2, -0.15) is 0 Å². The SMILES string of the molecule is CCc1cccc(NS(C)(=O)=O)c1.[HH]. The molecule has 0 bridgehead atoms. The van der Waals surface area contributed by atoms with Crippen molar-refractivity contribution in [3.05, 3.63) is 29.8 Å². The smallest absolute Gasteiger partial charge is 0.229 e. The van der Waals surface area contributed by atoms with Crippen molar-refractivity contribution in [1.29, 1.82) is 0 Å². The molecule has 74 valence electrons. The lowest BCUT2D eigenvalue weighted by atomic mass is 10.1. The highest BCUT2D eigenvalue weighted by Gasteiger charge is 2.00. The number of hydrogen-bond acceptors (Lipinski definition) is 2. The molecule has 0 saturated carbocycles. The van der Waals surface area contributed by atoms with E-state index >= 15 is 0 Å². The molecule has 0 atom stereocenters. The van der Waals surface area contributed by atoms with Gasteiger partial charge in [0.1, 0.15) is 0 Å². The Morgan fingerprint density at radius 1 is 1.46 bits per heavy atom. The van der Waals surface area contributed by atoms with Crippen molar-refractivity contribution < 1.29 is 9.84 Å². The largest absolute Gasteiger partial charge is 0.284 e. The normalized spacial score (nSPS) is 11.2. The highest BCUT2D eigenvalue weighted by Crippen LogP contribution is 2.11. The van der Waals surface area contributed by atoms with Crippen LogP contribution in [0.1, 0.15) is 13.9 Å². The Morgan fingerprint density at radius 3 is 2.69 bits per heavy atom. The maximum Gasteiger partial charge on any atom is 0.229 e. The molecule has 0 aliphatic carbocycles. The van der Waals surface area contributed by atoms with Gasteiger partial charge in [-0.15, -0.1) is 0 Å². The number of hydrogen-bond donors (Lipinski definition) is 1. The van der Waals surface area contributed by atoms with Crippen LogP contribution >= 0.6 is 0 Å². The summed E-state index contributed by atoms with van der Waals surface area (Å²) in [5, 5.41) is 0. The summed E-state index contributed by atoms with van der Waals surface area (Å²) in [7, 11) is -3.15. The van der Waals surface area contributed by atoms with Crippen LogP contribution in [0.4, 0.5) is 5.69 Å². The molecule has 1 rings (SSSR count). The summed E-state index contributed by atoms with van der Waals surface area (Å²) >= 11 is 0. The first-order valence-electron chi connectivity index (χ1n) is 4.08. The first-order valence-corrected chi connectivity index (χ1v) is 5.97. The van der Waals surface area contributed by atoms with E-state index in [1.807, 2.05) is 25.1 Å². The van der Waals surface area contributed by atoms with Crippen LogP contribution in [0.2, 0.25) is 0 Å². The fraction of sp³-hybridized carbons (Fsp3) is 0.333. The first-order chi connectivity index (χ1) is 6.01. The van der Waals surface area contributed by atoms with Crippen LogP contribution in [-0.2, 0) is 16.4 Å². The molecule has 0 amide bonds.